The number of halogens is 1. The number of nitrogens with zero attached hydrogens (tertiary/aromatic N) is 4. The molecule has 7 nitrogen and oxygen atoms in total. The van der Waals surface area contributed by atoms with Crippen molar-refractivity contribution in [2.24, 2.45) is 0 Å². The van der Waals surface area contributed by atoms with Crippen LogP contribution in [0.5, 0.6) is 0 Å². The van der Waals surface area contributed by atoms with Gasteiger partial charge >= 0.3 is 0 Å². The highest BCUT2D eigenvalue weighted by atomic mass is 19.1. The van der Waals surface area contributed by atoms with Crippen molar-refractivity contribution in [2.75, 3.05) is 37.7 Å². The summed E-state index contributed by atoms with van der Waals surface area (Å²) >= 11 is 0. The van der Waals surface area contributed by atoms with Crippen molar-refractivity contribution in [2.45, 2.75) is 39.3 Å². The van der Waals surface area contributed by atoms with E-state index in [1.807, 2.05) is 0 Å². The molecule has 174 valence electrons. The number of hydrogen-bond donors (Lipinski definition) is 2. The van der Waals surface area contributed by atoms with E-state index in [9.17, 15) is 4.39 Å². The summed E-state index contributed by atoms with van der Waals surface area (Å²) in [4.78, 5) is 13.1. The second-order valence-corrected chi connectivity index (χ2v) is 8.70. The van der Waals surface area contributed by atoms with Crippen LogP contribution in [0.4, 0.5) is 10.1 Å². The van der Waals surface area contributed by atoms with Crippen LogP contribution in [0.2, 0.25) is 0 Å². The van der Waals surface area contributed by atoms with E-state index in [4.69, 9.17) is 9.72 Å². The molecule has 33 heavy (non-hydrogen) atoms. The van der Waals surface area contributed by atoms with Crippen LogP contribution in [0.15, 0.2) is 36.4 Å². The van der Waals surface area contributed by atoms with Crippen molar-refractivity contribution in [1.82, 2.24) is 25.1 Å². The number of rotatable bonds is 7. The molecule has 0 unspecified atom stereocenters. The number of likely N-dealkylation sites (N-methyl/N-ethyl adjacent to an activating group) is 1. The highest BCUT2D eigenvalue weighted by Gasteiger charge is 2.29. The lowest BCUT2D eigenvalue weighted by Gasteiger charge is -2.42. The van der Waals surface area contributed by atoms with Gasteiger partial charge < -0.3 is 19.5 Å². The zero-order chi connectivity index (χ0) is 22.9. The lowest BCUT2D eigenvalue weighted by Crippen LogP contribution is -2.52. The molecule has 0 radical (unpaired) electrons. The average molecular weight is 451 g/mol. The fourth-order valence-electron chi connectivity index (χ4n) is 4.75. The molecule has 0 spiro atoms. The van der Waals surface area contributed by atoms with Crippen LogP contribution < -0.4 is 4.90 Å². The maximum absolute atomic E-state index is 13.5. The number of aromatic nitrogens is 4. The maximum Gasteiger partial charge on any atom is 0.159 e. The minimum Gasteiger partial charge on any atom is -0.373 e. The van der Waals surface area contributed by atoms with Crippen molar-refractivity contribution >= 4 is 27.6 Å². The number of nitrogens with one attached hydrogen (secondary N) is 2. The molecule has 2 atom stereocenters. The van der Waals surface area contributed by atoms with E-state index in [1.54, 1.807) is 6.07 Å². The Bertz CT molecular complexity index is 1250. The van der Waals surface area contributed by atoms with Gasteiger partial charge in [0.2, 0.25) is 0 Å². The minimum atomic E-state index is -0.290. The van der Waals surface area contributed by atoms with Gasteiger partial charge in [0.05, 0.1) is 35.3 Å². The summed E-state index contributed by atoms with van der Waals surface area (Å²) in [7, 11) is 0. The quantitative estimate of drug-likeness (QED) is 0.432. The third-order valence-electron chi connectivity index (χ3n) is 6.74. The van der Waals surface area contributed by atoms with Crippen LogP contribution in [-0.2, 0) is 4.74 Å². The van der Waals surface area contributed by atoms with Gasteiger partial charge in [-0.05, 0) is 55.9 Å². The van der Waals surface area contributed by atoms with E-state index in [2.05, 4.69) is 64.0 Å². The molecule has 2 aromatic heterocycles. The first-order valence-corrected chi connectivity index (χ1v) is 11.8. The molecule has 3 heterocycles. The highest BCUT2D eigenvalue weighted by Crippen LogP contribution is 2.30. The third-order valence-corrected chi connectivity index (χ3v) is 6.74. The number of benzene rings is 2. The second-order valence-electron chi connectivity index (χ2n) is 8.70. The summed E-state index contributed by atoms with van der Waals surface area (Å²) in [5.41, 5.74) is 4.37. The Kier molecular flexibility index (Phi) is 6.03. The topological polar surface area (TPSA) is 73.1 Å². The molecule has 2 N–H and O–H groups in total. The minimum absolute atomic E-state index is 0.191. The molecule has 2 aromatic carbocycles. The summed E-state index contributed by atoms with van der Waals surface area (Å²) in [6, 6.07) is 11.3. The van der Waals surface area contributed by atoms with Crippen molar-refractivity contribution < 1.29 is 9.13 Å². The van der Waals surface area contributed by atoms with Gasteiger partial charge in [-0.1, -0.05) is 20.8 Å². The molecule has 5 rings (SSSR count). The molecule has 1 aliphatic rings. The van der Waals surface area contributed by atoms with E-state index in [0.717, 1.165) is 55.6 Å². The Morgan fingerprint density at radius 1 is 1.12 bits per heavy atom. The van der Waals surface area contributed by atoms with E-state index in [1.165, 1.54) is 17.8 Å². The Morgan fingerprint density at radius 3 is 2.76 bits per heavy atom. The molecule has 4 aromatic rings. The highest BCUT2D eigenvalue weighted by molar-refractivity contribution is 5.93. The van der Waals surface area contributed by atoms with Gasteiger partial charge in [0, 0.05) is 24.2 Å². The lowest BCUT2D eigenvalue weighted by molar-refractivity contribution is -0.000799. The number of imidazole rings is 1. The standard InChI is InChI=1S/C25H31FN6O/c1-4-17-15-33-19(13-31(5-2)6-3)14-32(17)18-8-10-21-23(12-18)28-25(27-21)24-20-9-7-16(26)11-22(20)29-30-24/h7-12,17,19H,4-6,13-15H2,1-3H3,(H,27,28)(H,29,30)/t17-,19-/m1/s1. The Morgan fingerprint density at radius 2 is 1.97 bits per heavy atom. The maximum atomic E-state index is 13.5. The Hall–Kier alpha value is -2.97. The van der Waals surface area contributed by atoms with Crippen molar-refractivity contribution in [1.29, 1.82) is 0 Å². The van der Waals surface area contributed by atoms with E-state index < -0.39 is 0 Å². The Labute approximate surface area is 192 Å². The van der Waals surface area contributed by atoms with Gasteiger partial charge in [-0.25, -0.2) is 9.37 Å². The van der Waals surface area contributed by atoms with E-state index in [-0.39, 0.29) is 11.9 Å². The number of hydrogen-bond acceptors (Lipinski definition) is 5. The van der Waals surface area contributed by atoms with Crippen LogP contribution >= 0.6 is 0 Å². The van der Waals surface area contributed by atoms with E-state index in [0.29, 0.717) is 23.1 Å². The number of aromatic amines is 2. The molecule has 0 bridgehead atoms. The van der Waals surface area contributed by atoms with Crippen molar-refractivity contribution in [3.05, 3.63) is 42.2 Å². The van der Waals surface area contributed by atoms with Crippen LogP contribution in [0.3, 0.4) is 0 Å². The first kappa shape index (κ1) is 21.9. The first-order valence-electron chi connectivity index (χ1n) is 11.8. The first-order chi connectivity index (χ1) is 16.1. The molecule has 8 heteroatoms. The molecular weight excluding hydrogens is 419 g/mol. The summed E-state index contributed by atoms with van der Waals surface area (Å²) in [5, 5.41) is 8.12. The predicted molar refractivity (Wildman–Crippen MR) is 130 cm³/mol. The predicted octanol–water partition coefficient (Wildman–Crippen LogP) is 4.57. The van der Waals surface area contributed by atoms with E-state index >= 15 is 0 Å². The monoisotopic (exact) mass is 450 g/mol. The Balaban J connectivity index is 1.44. The fourth-order valence-corrected chi connectivity index (χ4v) is 4.75. The fraction of sp³-hybridized carbons (Fsp3) is 0.440. The average Bonchev–Trinajstić information content (AvgIpc) is 3.45. The van der Waals surface area contributed by atoms with Gasteiger partial charge in [-0.2, -0.15) is 5.10 Å². The molecule has 1 aliphatic heterocycles. The zero-order valence-electron chi connectivity index (χ0n) is 19.4. The SMILES string of the molecule is CC[C@@H]1CO[C@H](CN(CC)CC)CN1c1ccc2nc(-c3n[nH]c4cc(F)ccc34)[nH]c2c1. The summed E-state index contributed by atoms with van der Waals surface area (Å²) < 4.78 is 19.8. The van der Waals surface area contributed by atoms with Gasteiger partial charge in [-0.3, -0.25) is 5.10 Å². The molecule has 1 saturated heterocycles. The molecule has 1 fully saturated rings. The molecule has 0 aliphatic carbocycles. The van der Waals surface area contributed by atoms with Crippen LogP contribution in [0.25, 0.3) is 33.5 Å². The van der Waals surface area contributed by atoms with Gasteiger partial charge in [0.25, 0.3) is 0 Å². The second kappa shape index (κ2) is 9.11. The largest absolute Gasteiger partial charge is 0.373 e. The number of anilines is 1. The zero-order valence-corrected chi connectivity index (χ0v) is 19.4. The summed E-state index contributed by atoms with van der Waals surface area (Å²) in [5.74, 6) is 0.385. The smallest absolute Gasteiger partial charge is 0.159 e. The number of H-pyrrole nitrogens is 2. The number of morpholine rings is 1. The van der Waals surface area contributed by atoms with Gasteiger partial charge in [-0.15, -0.1) is 0 Å². The summed E-state index contributed by atoms with van der Waals surface area (Å²) in [6.07, 6.45) is 1.22. The third kappa shape index (κ3) is 4.20. The molecular formula is C25H31FN6O. The van der Waals surface area contributed by atoms with Gasteiger partial charge in [0.1, 0.15) is 11.5 Å². The van der Waals surface area contributed by atoms with Crippen LogP contribution in [-0.4, -0.2) is 70.0 Å². The van der Waals surface area contributed by atoms with Crippen molar-refractivity contribution in [3.8, 4) is 11.5 Å². The molecule has 0 amide bonds. The normalized spacial score (nSPS) is 19.2. The number of fused-ring (bicyclic) bond motifs is 2. The lowest BCUT2D eigenvalue weighted by atomic mass is 10.1. The van der Waals surface area contributed by atoms with Crippen LogP contribution in [0, 0.1) is 5.82 Å². The van der Waals surface area contributed by atoms with Gasteiger partial charge in [0.15, 0.2) is 5.82 Å². The summed E-state index contributed by atoms with van der Waals surface area (Å²) in [6.45, 7) is 11.2. The van der Waals surface area contributed by atoms with Crippen LogP contribution in [0.1, 0.15) is 27.2 Å². The van der Waals surface area contributed by atoms with Crippen molar-refractivity contribution in [3.63, 3.8) is 0 Å². The number of ether oxygens (including phenoxy) is 1. The molecule has 0 saturated carbocycles.